The summed E-state index contributed by atoms with van der Waals surface area (Å²) in [5.41, 5.74) is 0.885. The number of likely N-dealkylation sites (tertiary alicyclic amines) is 1. The van der Waals surface area contributed by atoms with Crippen LogP contribution in [0.5, 0.6) is 0 Å². The lowest BCUT2D eigenvalue weighted by Gasteiger charge is -2.13. The second-order valence-corrected chi connectivity index (χ2v) is 5.81. The molecule has 3 heterocycles. The van der Waals surface area contributed by atoms with E-state index in [1.165, 1.54) is 6.33 Å². The Morgan fingerprint density at radius 1 is 1.19 bits per heavy atom. The fourth-order valence-corrected chi connectivity index (χ4v) is 2.50. The number of carbonyl (C=O) groups excluding carboxylic acids is 3. The van der Waals surface area contributed by atoms with Gasteiger partial charge in [-0.15, -0.1) is 0 Å². The van der Waals surface area contributed by atoms with Crippen molar-refractivity contribution in [2.75, 3.05) is 25.0 Å². The van der Waals surface area contributed by atoms with Crippen molar-refractivity contribution in [3.63, 3.8) is 0 Å². The summed E-state index contributed by atoms with van der Waals surface area (Å²) in [4.78, 5) is 44.0. The van der Waals surface area contributed by atoms with E-state index in [0.29, 0.717) is 24.7 Å². The summed E-state index contributed by atoms with van der Waals surface area (Å²) in [6, 6.07) is 3.62. The van der Waals surface area contributed by atoms with Crippen molar-refractivity contribution >= 4 is 23.5 Å². The van der Waals surface area contributed by atoms with E-state index in [9.17, 15) is 14.4 Å². The summed E-state index contributed by atoms with van der Waals surface area (Å²) in [6.45, 7) is 2.42. The Hall–Kier alpha value is -3.30. The summed E-state index contributed by atoms with van der Waals surface area (Å²) in [7, 11) is 0. The number of anilines is 1. The summed E-state index contributed by atoms with van der Waals surface area (Å²) in [5.74, 6) is 0.259. The fourth-order valence-electron chi connectivity index (χ4n) is 2.50. The van der Waals surface area contributed by atoms with Crippen LogP contribution in [0.2, 0.25) is 0 Å². The van der Waals surface area contributed by atoms with Gasteiger partial charge in [0.05, 0.1) is 5.69 Å². The maximum atomic E-state index is 11.8. The number of carbonyl (C=O) groups is 3. The van der Waals surface area contributed by atoms with Crippen molar-refractivity contribution in [3.05, 3.63) is 30.4 Å². The molecule has 0 spiro atoms. The van der Waals surface area contributed by atoms with Crippen LogP contribution in [-0.2, 0) is 14.4 Å². The Kier molecular flexibility index (Phi) is 5.20. The second kappa shape index (κ2) is 7.72. The Labute approximate surface area is 149 Å². The van der Waals surface area contributed by atoms with E-state index in [1.54, 1.807) is 10.7 Å². The highest BCUT2D eigenvalue weighted by Crippen LogP contribution is 2.11. The van der Waals surface area contributed by atoms with Crippen molar-refractivity contribution in [2.24, 2.45) is 0 Å². The van der Waals surface area contributed by atoms with Gasteiger partial charge in [0.15, 0.2) is 5.82 Å². The first kappa shape index (κ1) is 17.5. The lowest BCUT2D eigenvalue weighted by atomic mass is 10.4. The molecule has 10 heteroatoms. The number of hydrogen-bond acceptors (Lipinski definition) is 7. The number of aryl methyl sites for hydroxylation is 1. The number of aromatic nitrogens is 4. The summed E-state index contributed by atoms with van der Waals surface area (Å²) in [5, 5.41) is 10.0. The zero-order chi connectivity index (χ0) is 18.5. The molecule has 0 aliphatic carbocycles. The molecular weight excluding hydrogens is 338 g/mol. The van der Waals surface area contributed by atoms with Gasteiger partial charge in [0.25, 0.3) is 0 Å². The lowest BCUT2D eigenvalue weighted by Crippen LogP contribution is -2.41. The molecule has 3 amide bonds. The molecule has 1 aliphatic heterocycles. The van der Waals surface area contributed by atoms with Crippen LogP contribution in [0, 0.1) is 6.92 Å². The molecule has 0 aromatic carbocycles. The average Bonchev–Trinajstić information content (AvgIpc) is 3.20. The minimum Gasteiger partial charge on any atom is -0.368 e. The van der Waals surface area contributed by atoms with Gasteiger partial charge in [0.2, 0.25) is 17.7 Å². The molecular formula is C16H19N7O3. The van der Waals surface area contributed by atoms with Crippen molar-refractivity contribution < 1.29 is 14.4 Å². The van der Waals surface area contributed by atoms with Crippen LogP contribution >= 0.6 is 0 Å². The van der Waals surface area contributed by atoms with Crippen LogP contribution in [0.4, 0.5) is 5.82 Å². The first-order chi connectivity index (χ1) is 12.5. The first-order valence-corrected chi connectivity index (χ1v) is 8.21. The third kappa shape index (κ3) is 4.21. The van der Waals surface area contributed by atoms with Gasteiger partial charge in [-0.25, -0.2) is 14.6 Å². The molecule has 3 rings (SSSR count). The van der Waals surface area contributed by atoms with Crippen molar-refractivity contribution in [1.82, 2.24) is 30.0 Å². The van der Waals surface area contributed by atoms with Crippen molar-refractivity contribution in [3.8, 4) is 5.82 Å². The second-order valence-electron chi connectivity index (χ2n) is 5.81. The number of nitrogens with zero attached hydrogens (tertiary/aromatic N) is 5. The fraction of sp³-hybridized carbons (Fsp3) is 0.375. The van der Waals surface area contributed by atoms with Crippen LogP contribution < -0.4 is 10.6 Å². The molecule has 1 aliphatic rings. The predicted octanol–water partition coefficient (Wildman–Crippen LogP) is -0.352. The number of rotatable bonds is 7. The van der Waals surface area contributed by atoms with E-state index in [1.807, 2.05) is 19.2 Å². The highest BCUT2D eigenvalue weighted by Gasteiger charge is 2.30. The maximum absolute atomic E-state index is 11.8. The first-order valence-electron chi connectivity index (χ1n) is 8.21. The molecule has 0 bridgehead atoms. The van der Waals surface area contributed by atoms with E-state index in [-0.39, 0.29) is 37.1 Å². The van der Waals surface area contributed by atoms with Gasteiger partial charge in [-0.05, 0) is 13.0 Å². The topological polar surface area (TPSA) is 122 Å². The number of imide groups is 1. The summed E-state index contributed by atoms with van der Waals surface area (Å²) >= 11 is 0. The third-order valence-electron chi connectivity index (χ3n) is 3.82. The highest BCUT2D eigenvalue weighted by molar-refractivity contribution is 6.04. The third-order valence-corrected chi connectivity index (χ3v) is 3.82. The largest absolute Gasteiger partial charge is 0.368 e. The van der Waals surface area contributed by atoms with Crippen LogP contribution in [0.3, 0.4) is 0 Å². The molecule has 2 aromatic heterocycles. The molecule has 0 unspecified atom stereocenters. The maximum Gasteiger partial charge on any atom is 0.240 e. The van der Waals surface area contributed by atoms with Gasteiger partial charge < -0.3 is 10.6 Å². The number of nitrogens with one attached hydrogen (secondary N) is 2. The van der Waals surface area contributed by atoms with Gasteiger partial charge >= 0.3 is 0 Å². The van der Waals surface area contributed by atoms with Crippen molar-refractivity contribution in [1.29, 1.82) is 0 Å². The smallest absolute Gasteiger partial charge is 0.240 e. The van der Waals surface area contributed by atoms with Gasteiger partial charge in [0, 0.05) is 38.2 Å². The van der Waals surface area contributed by atoms with Crippen molar-refractivity contribution in [2.45, 2.75) is 19.8 Å². The molecule has 0 radical (unpaired) electrons. The Morgan fingerprint density at radius 3 is 2.65 bits per heavy atom. The molecule has 26 heavy (non-hydrogen) atoms. The number of hydrogen-bond donors (Lipinski definition) is 2. The average molecular weight is 357 g/mol. The van der Waals surface area contributed by atoms with E-state index >= 15 is 0 Å². The minimum absolute atomic E-state index is 0.180. The van der Waals surface area contributed by atoms with Crippen LogP contribution in [0.15, 0.2) is 24.7 Å². The molecule has 0 saturated carbocycles. The van der Waals surface area contributed by atoms with Gasteiger partial charge in [-0.3, -0.25) is 19.3 Å². The Balaban J connectivity index is 1.44. The predicted molar refractivity (Wildman–Crippen MR) is 91.3 cm³/mol. The zero-order valence-electron chi connectivity index (χ0n) is 14.3. The van der Waals surface area contributed by atoms with Crippen LogP contribution in [0.1, 0.15) is 18.5 Å². The Bertz CT molecular complexity index is 817. The van der Waals surface area contributed by atoms with Crippen LogP contribution in [0.25, 0.3) is 5.82 Å². The minimum atomic E-state index is -0.370. The molecule has 1 saturated heterocycles. The van der Waals surface area contributed by atoms with E-state index in [0.717, 1.165) is 10.6 Å². The molecule has 2 aromatic rings. The lowest BCUT2D eigenvalue weighted by molar-refractivity contribution is -0.142. The molecule has 2 N–H and O–H groups in total. The Morgan fingerprint density at radius 2 is 1.96 bits per heavy atom. The van der Waals surface area contributed by atoms with Gasteiger partial charge in [-0.2, -0.15) is 5.10 Å². The number of amides is 3. The normalized spacial score (nSPS) is 14.0. The molecule has 136 valence electrons. The van der Waals surface area contributed by atoms with E-state index in [4.69, 9.17) is 0 Å². The standard InChI is InChI=1S/C16H19N7O3/c1-11-4-7-23(21-11)13-8-12(19-10-20-13)17-5-6-18-14(24)9-22-15(25)2-3-16(22)26/h4,7-8,10H,2-3,5-6,9H2,1H3,(H,18,24)(H,17,19,20). The quantitative estimate of drug-likeness (QED) is 0.513. The van der Waals surface area contributed by atoms with E-state index < -0.39 is 0 Å². The molecule has 10 nitrogen and oxygen atoms in total. The highest BCUT2D eigenvalue weighted by atomic mass is 16.2. The monoisotopic (exact) mass is 357 g/mol. The van der Waals surface area contributed by atoms with Gasteiger partial charge in [0.1, 0.15) is 18.7 Å². The van der Waals surface area contributed by atoms with Crippen LogP contribution in [-0.4, -0.2) is 62.0 Å². The van der Waals surface area contributed by atoms with E-state index in [2.05, 4.69) is 25.7 Å². The zero-order valence-corrected chi connectivity index (χ0v) is 14.3. The summed E-state index contributed by atoms with van der Waals surface area (Å²) in [6.07, 6.45) is 3.60. The van der Waals surface area contributed by atoms with Gasteiger partial charge in [-0.1, -0.05) is 0 Å². The molecule has 1 fully saturated rings. The molecule has 0 atom stereocenters. The SMILES string of the molecule is Cc1ccn(-c2cc(NCCNC(=O)CN3C(=O)CCC3=O)ncn2)n1. The summed E-state index contributed by atoms with van der Waals surface area (Å²) < 4.78 is 1.65.